The zero-order valence-electron chi connectivity index (χ0n) is 8.05. The molecule has 0 bridgehead atoms. The van der Waals surface area contributed by atoms with E-state index in [2.05, 4.69) is 19.2 Å². The second-order valence-electron chi connectivity index (χ2n) is 4.40. The molecular weight excluding hydrogens is 150 g/mol. The maximum Gasteiger partial charge on any atom is 0.0509 e. The van der Waals surface area contributed by atoms with Crippen molar-refractivity contribution in [1.82, 2.24) is 5.32 Å². The van der Waals surface area contributed by atoms with Gasteiger partial charge in [-0.25, -0.2) is 0 Å². The first-order chi connectivity index (χ1) is 5.77. The van der Waals surface area contributed by atoms with Crippen LogP contribution in [-0.2, 0) is 4.74 Å². The molecule has 2 nitrogen and oxygen atoms in total. The molecular formula is C10H19NO. The third-order valence-electron chi connectivity index (χ3n) is 3.26. The van der Waals surface area contributed by atoms with Crippen LogP contribution in [-0.4, -0.2) is 25.3 Å². The van der Waals surface area contributed by atoms with Gasteiger partial charge in [0.1, 0.15) is 0 Å². The van der Waals surface area contributed by atoms with Crippen molar-refractivity contribution in [2.75, 3.05) is 13.2 Å². The fraction of sp³-hybridized carbons (Fsp3) is 1.00. The molecule has 1 N–H and O–H groups in total. The topological polar surface area (TPSA) is 21.3 Å². The van der Waals surface area contributed by atoms with E-state index < -0.39 is 0 Å². The van der Waals surface area contributed by atoms with Crippen molar-refractivity contribution in [1.29, 1.82) is 0 Å². The van der Waals surface area contributed by atoms with Gasteiger partial charge in [0, 0.05) is 18.7 Å². The van der Waals surface area contributed by atoms with Gasteiger partial charge < -0.3 is 10.1 Å². The molecule has 1 saturated heterocycles. The summed E-state index contributed by atoms with van der Waals surface area (Å²) in [5, 5.41) is 3.67. The maximum atomic E-state index is 5.37. The SMILES string of the molecule is CC(N[C@@H]1C[C@H]1C)C1CCOC1. The first-order valence-corrected chi connectivity index (χ1v) is 5.11. The number of nitrogens with one attached hydrogen (secondary N) is 1. The summed E-state index contributed by atoms with van der Waals surface area (Å²) in [5.41, 5.74) is 0. The van der Waals surface area contributed by atoms with Crippen LogP contribution < -0.4 is 5.32 Å². The van der Waals surface area contributed by atoms with Gasteiger partial charge in [0.05, 0.1) is 6.61 Å². The van der Waals surface area contributed by atoms with Crippen molar-refractivity contribution >= 4 is 0 Å². The van der Waals surface area contributed by atoms with Crippen molar-refractivity contribution < 1.29 is 4.74 Å². The fourth-order valence-electron chi connectivity index (χ4n) is 1.98. The molecule has 0 aromatic carbocycles. The van der Waals surface area contributed by atoms with Crippen molar-refractivity contribution in [3.05, 3.63) is 0 Å². The van der Waals surface area contributed by atoms with E-state index in [1.54, 1.807) is 0 Å². The lowest BCUT2D eigenvalue weighted by Gasteiger charge is -2.19. The fourth-order valence-corrected chi connectivity index (χ4v) is 1.98. The predicted molar refractivity (Wildman–Crippen MR) is 49.1 cm³/mol. The minimum atomic E-state index is 0.655. The van der Waals surface area contributed by atoms with Crippen LogP contribution in [0.4, 0.5) is 0 Å². The van der Waals surface area contributed by atoms with Crippen molar-refractivity contribution in [3.63, 3.8) is 0 Å². The summed E-state index contributed by atoms with van der Waals surface area (Å²) in [6.45, 7) is 6.55. The molecule has 2 fully saturated rings. The molecule has 0 spiro atoms. The number of hydrogen-bond donors (Lipinski definition) is 1. The van der Waals surface area contributed by atoms with Gasteiger partial charge in [-0.1, -0.05) is 6.92 Å². The zero-order valence-corrected chi connectivity index (χ0v) is 8.05. The van der Waals surface area contributed by atoms with E-state index in [0.717, 1.165) is 31.1 Å². The van der Waals surface area contributed by atoms with Gasteiger partial charge in [0.15, 0.2) is 0 Å². The Kier molecular flexibility index (Phi) is 2.37. The normalized spacial score (nSPS) is 43.0. The lowest BCUT2D eigenvalue weighted by molar-refractivity contribution is 0.178. The third-order valence-corrected chi connectivity index (χ3v) is 3.26. The third kappa shape index (κ3) is 1.80. The lowest BCUT2D eigenvalue weighted by Crippen LogP contribution is -2.35. The van der Waals surface area contributed by atoms with Crippen LogP contribution in [0.3, 0.4) is 0 Å². The Labute approximate surface area is 74.7 Å². The number of rotatable bonds is 3. The first-order valence-electron chi connectivity index (χ1n) is 5.11. The Bertz CT molecular complexity index is 154. The van der Waals surface area contributed by atoms with Crippen LogP contribution in [0.1, 0.15) is 26.7 Å². The van der Waals surface area contributed by atoms with Gasteiger partial charge in [-0.2, -0.15) is 0 Å². The molecule has 4 atom stereocenters. The summed E-state index contributed by atoms with van der Waals surface area (Å²) < 4.78 is 5.37. The summed E-state index contributed by atoms with van der Waals surface area (Å²) in [4.78, 5) is 0. The van der Waals surface area contributed by atoms with Crippen LogP contribution in [0, 0.1) is 11.8 Å². The average molecular weight is 169 g/mol. The molecule has 70 valence electrons. The molecule has 2 unspecified atom stereocenters. The highest BCUT2D eigenvalue weighted by Crippen LogP contribution is 2.30. The van der Waals surface area contributed by atoms with E-state index in [1.807, 2.05) is 0 Å². The van der Waals surface area contributed by atoms with Crippen molar-refractivity contribution in [3.8, 4) is 0 Å². The highest BCUT2D eigenvalue weighted by atomic mass is 16.5. The summed E-state index contributed by atoms with van der Waals surface area (Å²) in [6.07, 6.45) is 2.62. The Hall–Kier alpha value is -0.0800. The average Bonchev–Trinajstić information content (AvgIpc) is 2.58. The Morgan fingerprint density at radius 1 is 1.50 bits per heavy atom. The number of ether oxygens (including phenoxy) is 1. The molecule has 1 heterocycles. The van der Waals surface area contributed by atoms with Crippen LogP contribution in [0.15, 0.2) is 0 Å². The van der Waals surface area contributed by atoms with E-state index >= 15 is 0 Å². The Balaban J connectivity index is 1.72. The molecule has 0 amide bonds. The molecule has 1 saturated carbocycles. The molecule has 2 aliphatic rings. The van der Waals surface area contributed by atoms with Crippen molar-refractivity contribution in [2.24, 2.45) is 11.8 Å². The van der Waals surface area contributed by atoms with Crippen LogP contribution in [0.5, 0.6) is 0 Å². The second-order valence-corrected chi connectivity index (χ2v) is 4.40. The Morgan fingerprint density at radius 3 is 2.75 bits per heavy atom. The van der Waals surface area contributed by atoms with Crippen LogP contribution in [0.25, 0.3) is 0 Å². The monoisotopic (exact) mass is 169 g/mol. The highest BCUT2D eigenvalue weighted by molar-refractivity contribution is 4.92. The predicted octanol–water partition coefficient (Wildman–Crippen LogP) is 1.41. The summed E-state index contributed by atoms with van der Waals surface area (Å²) in [6, 6.07) is 1.46. The summed E-state index contributed by atoms with van der Waals surface area (Å²) in [7, 11) is 0. The second kappa shape index (κ2) is 3.35. The molecule has 1 aliphatic heterocycles. The van der Waals surface area contributed by atoms with E-state index in [4.69, 9.17) is 4.74 Å². The van der Waals surface area contributed by atoms with Crippen molar-refractivity contribution in [2.45, 2.75) is 38.8 Å². The molecule has 1 aliphatic carbocycles. The molecule has 12 heavy (non-hydrogen) atoms. The zero-order chi connectivity index (χ0) is 8.55. The van der Waals surface area contributed by atoms with Gasteiger partial charge >= 0.3 is 0 Å². The minimum Gasteiger partial charge on any atom is -0.381 e. The van der Waals surface area contributed by atoms with Gasteiger partial charge in [-0.05, 0) is 31.6 Å². The van der Waals surface area contributed by atoms with Crippen LogP contribution >= 0.6 is 0 Å². The van der Waals surface area contributed by atoms with Gasteiger partial charge in [-0.3, -0.25) is 0 Å². The molecule has 0 radical (unpaired) electrons. The first kappa shape index (κ1) is 8.52. The van der Waals surface area contributed by atoms with E-state index in [-0.39, 0.29) is 0 Å². The van der Waals surface area contributed by atoms with Gasteiger partial charge in [0.25, 0.3) is 0 Å². The summed E-state index contributed by atoms with van der Waals surface area (Å²) >= 11 is 0. The van der Waals surface area contributed by atoms with Crippen LogP contribution in [0.2, 0.25) is 0 Å². The summed E-state index contributed by atoms with van der Waals surface area (Å²) in [5.74, 6) is 1.67. The van der Waals surface area contributed by atoms with Gasteiger partial charge in [-0.15, -0.1) is 0 Å². The number of hydrogen-bond acceptors (Lipinski definition) is 2. The molecule has 0 aromatic rings. The quantitative estimate of drug-likeness (QED) is 0.689. The molecule has 2 heteroatoms. The molecule has 2 rings (SSSR count). The largest absolute Gasteiger partial charge is 0.381 e. The van der Waals surface area contributed by atoms with E-state index in [0.29, 0.717) is 6.04 Å². The lowest BCUT2D eigenvalue weighted by atomic mass is 10.0. The minimum absolute atomic E-state index is 0.655. The van der Waals surface area contributed by atoms with E-state index in [9.17, 15) is 0 Å². The van der Waals surface area contributed by atoms with E-state index in [1.165, 1.54) is 12.8 Å². The smallest absolute Gasteiger partial charge is 0.0509 e. The van der Waals surface area contributed by atoms with Gasteiger partial charge in [0.2, 0.25) is 0 Å². The maximum absolute atomic E-state index is 5.37. The Morgan fingerprint density at radius 2 is 2.25 bits per heavy atom. The highest BCUT2D eigenvalue weighted by Gasteiger charge is 2.35. The molecule has 0 aromatic heterocycles. The standard InChI is InChI=1S/C10H19NO/c1-7-5-10(7)11-8(2)9-3-4-12-6-9/h7-11H,3-6H2,1-2H3/t7-,8?,9?,10-/m1/s1.